The van der Waals surface area contributed by atoms with Crippen molar-refractivity contribution in [1.82, 2.24) is 5.32 Å². The molecule has 1 atom stereocenters. The first kappa shape index (κ1) is 15.0. The van der Waals surface area contributed by atoms with E-state index < -0.39 is 9.84 Å². The minimum Gasteiger partial charge on any atom is -0.314 e. The van der Waals surface area contributed by atoms with Crippen molar-refractivity contribution in [2.24, 2.45) is 0 Å². The van der Waals surface area contributed by atoms with E-state index in [4.69, 9.17) is 0 Å². The summed E-state index contributed by atoms with van der Waals surface area (Å²) in [5.74, 6) is 0.180. The summed E-state index contributed by atoms with van der Waals surface area (Å²) < 4.78 is 24.7. The van der Waals surface area contributed by atoms with Crippen LogP contribution in [0.3, 0.4) is 0 Å². The van der Waals surface area contributed by atoms with Crippen LogP contribution in [0.15, 0.2) is 47.4 Å². The predicted octanol–water partition coefficient (Wildman–Crippen LogP) is 3.00. The Morgan fingerprint density at radius 2 is 1.80 bits per heavy atom. The summed E-state index contributed by atoms with van der Waals surface area (Å²) in [7, 11) is -3.21. The molecular weight excluding hydrogens is 270 g/mol. The van der Waals surface area contributed by atoms with Gasteiger partial charge in [0.15, 0.2) is 9.84 Å². The highest BCUT2D eigenvalue weighted by Crippen LogP contribution is 2.20. The number of benzene rings is 2. The lowest BCUT2D eigenvalue weighted by Crippen LogP contribution is -2.27. The van der Waals surface area contributed by atoms with Gasteiger partial charge in [-0.1, -0.05) is 37.3 Å². The summed E-state index contributed by atoms with van der Waals surface area (Å²) in [5, 5.41) is 5.26. The highest BCUT2D eigenvalue weighted by Gasteiger charge is 2.16. The maximum absolute atomic E-state index is 12.4. The minimum absolute atomic E-state index is 0.180. The van der Waals surface area contributed by atoms with Crippen molar-refractivity contribution in [2.45, 2.75) is 31.2 Å². The third-order valence-corrected chi connectivity index (χ3v) is 5.20. The molecule has 2 aromatic carbocycles. The Morgan fingerprint density at radius 3 is 2.50 bits per heavy atom. The van der Waals surface area contributed by atoms with Crippen LogP contribution < -0.4 is 5.32 Å². The fourth-order valence-electron chi connectivity index (χ4n) is 2.26. The van der Waals surface area contributed by atoms with Gasteiger partial charge in [0.1, 0.15) is 0 Å². The standard InChI is InChI=1S/C16H21NO2S/c1-3-17-13(2)10-11-20(18,19)16-9-8-14-6-4-5-7-15(14)12-16/h4-9,12-13,17H,3,10-11H2,1-2H3. The molecule has 2 rings (SSSR count). The smallest absolute Gasteiger partial charge is 0.178 e. The summed E-state index contributed by atoms with van der Waals surface area (Å²) >= 11 is 0. The van der Waals surface area contributed by atoms with E-state index in [0.29, 0.717) is 11.3 Å². The Morgan fingerprint density at radius 1 is 1.10 bits per heavy atom. The van der Waals surface area contributed by atoms with Crippen LogP contribution >= 0.6 is 0 Å². The Labute approximate surface area is 120 Å². The molecule has 0 bridgehead atoms. The van der Waals surface area contributed by atoms with E-state index in [-0.39, 0.29) is 11.8 Å². The van der Waals surface area contributed by atoms with Crippen LogP contribution in [0.2, 0.25) is 0 Å². The topological polar surface area (TPSA) is 46.2 Å². The minimum atomic E-state index is -3.21. The van der Waals surface area contributed by atoms with Crippen LogP contribution in [0.1, 0.15) is 20.3 Å². The first-order valence-corrected chi connectivity index (χ1v) is 8.63. The monoisotopic (exact) mass is 291 g/mol. The van der Waals surface area contributed by atoms with Crippen LogP contribution in [0, 0.1) is 0 Å². The SMILES string of the molecule is CCNC(C)CCS(=O)(=O)c1ccc2ccccc2c1. The summed E-state index contributed by atoms with van der Waals surface area (Å²) in [6.45, 7) is 4.89. The first-order valence-electron chi connectivity index (χ1n) is 6.98. The molecule has 108 valence electrons. The fourth-order valence-corrected chi connectivity index (χ4v) is 3.74. The summed E-state index contributed by atoms with van der Waals surface area (Å²) in [6.07, 6.45) is 0.628. The van der Waals surface area contributed by atoms with Crippen molar-refractivity contribution in [3.63, 3.8) is 0 Å². The van der Waals surface area contributed by atoms with Crippen molar-refractivity contribution in [3.05, 3.63) is 42.5 Å². The highest BCUT2D eigenvalue weighted by molar-refractivity contribution is 7.91. The lowest BCUT2D eigenvalue weighted by molar-refractivity contribution is 0.541. The molecule has 0 amide bonds. The zero-order valence-electron chi connectivity index (χ0n) is 12.0. The number of hydrogen-bond acceptors (Lipinski definition) is 3. The van der Waals surface area contributed by atoms with Crippen molar-refractivity contribution in [3.8, 4) is 0 Å². The summed E-state index contributed by atoms with van der Waals surface area (Å²) in [5.41, 5.74) is 0. The molecule has 0 aliphatic heterocycles. The average Bonchev–Trinajstić information content (AvgIpc) is 2.45. The maximum atomic E-state index is 12.4. The molecule has 0 aliphatic rings. The molecule has 0 fully saturated rings. The van der Waals surface area contributed by atoms with Gasteiger partial charge in [0, 0.05) is 6.04 Å². The molecule has 20 heavy (non-hydrogen) atoms. The predicted molar refractivity (Wildman–Crippen MR) is 83.8 cm³/mol. The molecule has 2 aromatic rings. The number of rotatable bonds is 6. The molecule has 1 unspecified atom stereocenters. The van der Waals surface area contributed by atoms with Gasteiger partial charge in [0.05, 0.1) is 10.6 Å². The zero-order chi connectivity index (χ0) is 14.6. The van der Waals surface area contributed by atoms with Crippen LogP contribution in [-0.2, 0) is 9.84 Å². The fraction of sp³-hybridized carbons (Fsp3) is 0.375. The Bertz CT molecular complexity index is 680. The maximum Gasteiger partial charge on any atom is 0.178 e. The second-order valence-electron chi connectivity index (χ2n) is 5.08. The molecule has 0 saturated carbocycles. The van der Waals surface area contributed by atoms with E-state index in [1.54, 1.807) is 12.1 Å². The second-order valence-corrected chi connectivity index (χ2v) is 7.18. The molecular formula is C16H21NO2S. The largest absolute Gasteiger partial charge is 0.314 e. The van der Waals surface area contributed by atoms with Gasteiger partial charge in [-0.15, -0.1) is 0 Å². The van der Waals surface area contributed by atoms with Gasteiger partial charge in [0.25, 0.3) is 0 Å². The highest BCUT2D eigenvalue weighted by atomic mass is 32.2. The van der Waals surface area contributed by atoms with E-state index in [9.17, 15) is 8.42 Å². The second kappa shape index (κ2) is 6.37. The lowest BCUT2D eigenvalue weighted by Gasteiger charge is -2.12. The van der Waals surface area contributed by atoms with Crippen LogP contribution in [0.5, 0.6) is 0 Å². The molecule has 0 radical (unpaired) electrons. The van der Waals surface area contributed by atoms with Crippen molar-refractivity contribution < 1.29 is 8.42 Å². The van der Waals surface area contributed by atoms with Gasteiger partial charge in [-0.2, -0.15) is 0 Å². The third kappa shape index (κ3) is 3.58. The zero-order valence-corrected chi connectivity index (χ0v) is 12.8. The number of nitrogens with one attached hydrogen (secondary N) is 1. The number of hydrogen-bond donors (Lipinski definition) is 1. The molecule has 3 nitrogen and oxygen atoms in total. The van der Waals surface area contributed by atoms with Gasteiger partial charge in [-0.05, 0) is 42.8 Å². The van der Waals surface area contributed by atoms with E-state index in [1.165, 1.54) is 0 Å². The molecule has 0 saturated heterocycles. The van der Waals surface area contributed by atoms with Gasteiger partial charge in [0.2, 0.25) is 0 Å². The molecule has 1 N–H and O–H groups in total. The Kier molecular flexibility index (Phi) is 4.78. The molecule has 0 spiro atoms. The Hall–Kier alpha value is -1.39. The normalized spacial score (nSPS) is 13.5. The van der Waals surface area contributed by atoms with Crippen molar-refractivity contribution in [2.75, 3.05) is 12.3 Å². The molecule has 4 heteroatoms. The van der Waals surface area contributed by atoms with E-state index >= 15 is 0 Å². The lowest BCUT2D eigenvalue weighted by atomic mass is 10.1. The van der Waals surface area contributed by atoms with Crippen molar-refractivity contribution in [1.29, 1.82) is 0 Å². The van der Waals surface area contributed by atoms with E-state index in [0.717, 1.165) is 17.3 Å². The third-order valence-electron chi connectivity index (χ3n) is 3.45. The quantitative estimate of drug-likeness (QED) is 0.890. The van der Waals surface area contributed by atoms with Crippen molar-refractivity contribution >= 4 is 20.6 Å². The van der Waals surface area contributed by atoms with Gasteiger partial charge in [-0.25, -0.2) is 8.42 Å². The van der Waals surface area contributed by atoms with E-state index in [1.807, 2.05) is 44.2 Å². The number of sulfone groups is 1. The number of fused-ring (bicyclic) bond motifs is 1. The first-order chi connectivity index (χ1) is 9.53. The Balaban J connectivity index is 2.19. The summed E-state index contributed by atoms with van der Waals surface area (Å²) in [4.78, 5) is 0.417. The average molecular weight is 291 g/mol. The van der Waals surface area contributed by atoms with Gasteiger partial charge < -0.3 is 5.32 Å². The van der Waals surface area contributed by atoms with E-state index in [2.05, 4.69) is 5.32 Å². The molecule has 0 aliphatic carbocycles. The van der Waals surface area contributed by atoms with Gasteiger partial charge >= 0.3 is 0 Å². The van der Waals surface area contributed by atoms with Crippen LogP contribution in [0.4, 0.5) is 0 Å². The molecule has 0 heterocycles. The molecule has 0 aromatic heterocycles. The van der Waals surface area contributed by atoms with Crippen LogP contribution in [-0.4, -0.2) is 26.8 Å². The summed E-state index contributed by atoms with van der Waals surface area (Å²) in [6, 6.07) is 13.4. The van der Waals surface area contributed by atoms with Gasteiger partial charge in [-0.3, -0.25) is 0 Å². The van der Waals surface area contributed by atoms with Crippen LogP contribution in [0.25, 0.3) is 10.8 Å².